The molecule has 1 amide bonds. The fourth-order valence-corrected chi connectivity index (χ4v) is 4.12. The molecule has 0 unspecified atom stereocenters. The Hall–Kier alpha value is -3.99. The molecule has 2 fully saturated rings. The van der Waals surface area contributed by atoms with E-state index in [1.165, 1.54) is 7.11 Å². The average molecular weight is 477 g/mol. The number of nitrogens with zero attached hydrogens (tertiary/aromatic N) is 7. The molecule has 1 N–H and O–H groups in total. The van der Waals surface area contributed by atoms with Crippen molar-refractivity contribution in [3.63, 3.8) is 0 Å². The molecular formula is C24H28N8O3. The summed E-state index contributed by atoms with van der Waals surface area (Å²) in [6.07, 6.45) is 3.25. The van der Waals surface area contributed by atoms with Gasteiger partial charge in [0.2, 0.25) is 11.9 Å². The summed E-state index contributed by atoms with van der Waals surface area (Å²) in [6.45, 7) is 5.61. The number of ether oxygens (including phenoxy) is 2. The number of morpholine rings is 1. The lowest BCUT2D eigenvalue weighted by Crippen LogP contribution is -2.49. The molecule has 11 heteroatoms. The van der Waals surface area contributed by atoms with Crippen molar-refractivity contribution in [1.82, 2.24) is 24.8 Å². The first-order valence-corrected chi connectivity index (χ1v) is 11.6. The van der Waals surface area contributed by atoms with Crippen LogP contribution in [0.3, 0.4) is 0 Å². The van der Waals surface area contributed by atoms with Crippen molar-refractivity contribution < 1.29 is 14.3 Å². The van der Waals surface area contributed by atoms with Crippen LogP contribution in [0, 0.1) is 0 Å². The molecule has 182 valence electrons. The van der Waals surface area contributed by atoms with Gasteiger partial charge in [-0.25, -0.2) is 0 Å². The van der Waals surface area contributed by atoms with Crippen LogP contribution in [-0.2, 0) is 4.74 Å². The summed E-state index contributed by atoms with van der Waals surface area (Å²) >= 11 is 0. The maximum Gasteiger partial charge on any atom is 0.322 e. The van der Waals surface area contributed by atoms with Crippen molar-refractivity contribution >= 4 is 29.2 Å². The highest BCUT2D eigenvalue weighted by Gasteiger charge is 2.24. The van der Waals surface area contributed by atoms with E-state index >= 15 is 0 Å². The Morgan fingerprint density at radius 3 is 2.40 bits per heavy atom. The zero-order chi connectivity index (χ0) is 24.0. The molecular weight excluding hydrogens is 448 g/mol. The van der Waals surface area contributed by atoms with Crippen LogP contribution in [0.2, 0.25) is 0 Å². The topological polar surface area (TPSA) is 109 Å². The van der Waals surface area contributed by atoms with Crippen LogP contribution >= 0.6 is 0 Å². The third-order valence-corrected chi connectivity index (χ3v) is 6.04. The van der Waals surface area contributed by atoms with Crippen molar-refractivity contribution in [3.8, 4) is 6.01 Å². The summed E-state index contributed by atoms with van der Waals surface area (Å²) in [7, 11) is 1.53. The van der Waals surface area contributed by atoms with Crippen molar-refractivity contribution in [2.24, 2.45) is 0 Å². The van der Waals surface area contributed by atoms with Crippen LogP contribution in [0.5, 0.6) is 6.01 Å². The quantitative estimate of drug-likeness (QED) is 0.566. The van der Waals surface area contributed by atoms with Gasteiger partial charge in [0.15, 0.2) is 0 Å². The maximum absolute atomic E-state index is 12.7. The lowest BCUT2D eigenvalue weighted by atomic mass is 10.2. The smallest absolute Gasteiger partial charge is 0.322 e. The molecule has 0 bridgehead atoms. The molecule has 2 saturated heterocycles. The second-order valence-corrected chi connectivity index (χ2v) is 8.24. The van der Waals surface area contributed by atoms with Crippen molar-refractivity contribution in [2.45, 2.75) is 0 Å². The summed E-state index contributed by atoms with van der Waals surface area (Å²) in [6, 6.07) is 11.9. The van der Waals surface area contributed by atoms with Crippen molar-refractivity contribution in [1.29, 1.82) is 0 Å². The van der Waals surface area contributed by atoms with E-state index in [4.69, 9.17) is 9.47 Å². The Balaban J connectivity index is 1.25. The van der Waals surface area contributed by atoms with Crippen LogP contribution in [0.25, 0.3) is 0 Å². The van der Waals surface area contributed by atoms with E-state index < -0.39 is 0 Å². The first-order valence-electron chi connectivity index (χ1n) is 11.6. The number of amides is 1. The Labute approximate surface area is 203 Å². The number of rotatable bonds is 6. The van der Waals surface area contributed by atoms with Gasteiger partial charge in [-0.1, -0.05) is 0 Å². The Bertz CT molecular complexity index is 1130. The number of carbonyl (C=O) groups excluding carboxylic acids is 1. The minimum Gasteiger partial charge on any atom is -0.467 e. The normalized spacial score (nSPS) is 16.2. The number of hydrogen-bond donors (Lipinski definition) is 1. The lowest BCUT2D eigenvalue weighted by Gasteiger charge is -2.34. The SMILES string of the molecule is COc1nc(Nc2ccc(N3CCOCC3)cc2)nc(N2CCN(C(=O)c3cccnc3)CC2)n1. The second-order valence-electron chi connectivity index (χ2n) is 8.24. The van der Waals surface area contributed by atoms with Crippen molar-refractivity contribution in [3.05, 3.63) is 54.4 Å². The first kappa shape index (κ1) is 22.8. The molecule has 0 radical (unpaired) electrons. The highest BCUT2D eigenvalue weighted by molar-refractivity contribution is 5.94. The summed E-state index contributed by atoms with van der Waals surface area (Å²) in [5.41, 5.74) is 2.62. The lowest BCUT2D eigenvalue weighted by molar-refractivity contribution is 0.0745. The predicted octanol–water partition coefficient (Wildman–Crippen LogP) is 1.82. The van der Waals surface area contributed by atoms with E-state index in [2.05, 4.69) is 42.3 Å². The van der Waals surface area contributed by atoms with Gasteiger partial charge in [0.25, 0.3) is 5.91 Å². The van der Waals surface area contributed by atoms with Gasteiger partial charge < -0.3 is 29.5 Å². The number of benzene rings is 1. The Kier molecular flexibility index (Phi) is 6.85. The van der Waals surface area contributed by atoms with E-state index in [1.54, 1.807) is 24.5 Å². The van der Waals surface area contributed by atoms with Gasteiger partial charge >= 0.3 is 6.01 Å². The van der Waals surface area contributed by atoms with Gasteiger partial charge in [0.05, 0.1) is 25.9 Å². The number of anilines is 4. The molecule has 2 aliphatic heterocycles. The maximum atomic E-state index is 12.7. The van der Waals surface area contributed by atoms with Gasteiger partial charge in [0.1, 0.15) is 0 Å². The molecule has 0 spiro atoms. The van der Waals surface area contributed by atoms with Gasteiger partial charge in [-0.05, 0) is 36.4 Å². The summed E-state index contributed by atoms with van der Waals surface area (Å²) < 4.78 is 10.8. The zero-order valence-electron chi connectivity index (χ0n) is 19.6. The first-order chi connectivity index (χ1) is 17.2. The number of aromatic nitrogens is 4. The van der Waals surface area contributed by atoms with E-state index in [-0.39, 0.29) is 11.9 Å². The highest BCUT2D eigenvalue weighted by Crippen LogP contribution is 2.23. The van der Waals surface area contributed by atoms with E-state index in [0.29, 0.717) is 43.6 Å². The molecule has 35 heavy (non-hydrogen) atoms. The molecule has 1 aromatic carbocycles. The van der Waals surface area contributed by atoms with E-state index in [1.807, 2.05) is 21.9 Å². The summed E-state index contributed by atoms with van der Waals surface area (Å²) in [4.78, 5) is 36.3. The van der Waals surface area contributed by atoms with Crippen LogP contribution in [0.4, 0.5) is 23.3 Å². The Morgan fingerprint density at radius 2 is 1.71 bits per heavy atom. The number of hydrogen-bond acceptors (Lipinski definition) is 10. The van der Waals surface area contributed by atoms with Gasteiger partial charge in [-0.3, -0.25) is 9.78 Å². The van der Waals surface area contributed by atoms with Gasteiger partial charge in [-0.2, -0.15) is 15.0 Å². The van der Waals surface area contributed by atoms with Crippen molar-refractivity contribution in [2.75, 3.05) is 74.7 Å². The molecule has 11 nitrogen and oxygen atoms in total. The van der Waals surface area contributed by atoms with Crippen LogP contribution in [0.1, 0.15) is 10.4 Å². The molecule has 4 heterocycles. The third-order valence-electron chi connectivity index (χ3n) is 6.04. The molecule has 2 aromatic heterocycles. The van der Waals surface area contributed by atoms with Gasteiger partial charge in [-0.15, -0.1) is 0 Å². The number of carbonyl (C=O) groups is 1. The second kappa shape index (κ2) is 10.5. The molecule has 0 saturated carbocycles. The molecule has 3 aromatic rings. The average Bonchev–Trinajstić information content (AvgIpc) is 2.94. The van der Waals surface area contributed by atoms with Crippen LogP contribution < -0.4 is 19.9 Å². The summed E-state index contributed by atoms with van der Waals surface area (Å²) in [5, 5.41) is 3.25. The monoisotopic (exact) mass is 476 g/mol. The minimum absolute atomic E-state index is 0.0196. The molecule has 2 aliphatic rings. The zero-order valence-corrected chi connectivity index (χ0v) is 19.6. The molecule has 5 rings (SSSR count). The van der Waals surface area contributed by atoms with E-state index in [0.717, 1.165) is 37.7 Å². The number of pyridine rings is 1. The molecule has 0 aliphatic carbocycles. The number of methoxy groups -OCH3 is 1. The van der Waals surface area contributed by atoms with Gasteiger partial charge in [0, 0.05) is 63.0 Å². The van der Waals surface area contributed by atoms with E-state index in [9.17, 15) is 4.79 Å². The number of piperazine rings is 1. The Morgan fingerprint density at radius 1 is 0.943 bits per heavy atom. The predicted molar refractivity (Wildman–Crippen MR) is 131 cm³/mol. The number of nitrogens with one attached hydrogen (secondary N) is 1. The third kappa shape index (κ3) is 5.40. The fourth-order valence-electron chi connectivity index (χ4n) is 4.12. The van der Waals surface area contributed by atoms with Crippen LogP contribution in [0.15, 0.2) is 48.8 Å². The minimum atomic E-state index is -0.0196. The largest absolute Gasteiger partial charge is 0.467 e. The highest BCUT2D eigenvalue weighted by atomic mass is 16.5. The van der Waals surface area contributed by atoms with Crippen LogP contribution in [-0.4, -0.2) is 90.3 Å². The molecule has 0 atom stereocenters. The summed E-state index contributed by atoms with van der Waals surface area (Å²) in [5.74, 6) is 0.895. The standard InChI is InChI=1S/C24H28N8O3/c1-34-24-28-22(26-19-4-6-20(7-5-19)30-13-15-35-16-14-30)27-23(29-24)32-11-9-31(10-12-32)21(33)18-3-2-8-25-17-18/h2-8,17H,9-16H2,1H3,(H,26,27,28,29). The fraction of sp³-hybridized carbons (Fsp3) is 0.375.